The van der Waals surface area contributed by atoms with Gasteiger partial charge in [-0.25, -0.2) is 0 Å². The zero-order chi connectivity index (χ0) is 12.7. The zero-order valence-corrected chi connectivity index (χ0v) is 11.4. The maximum absolute atomic E-state index is 10.5. The van der Waals surface area contributed by atoms with Gasteiger partial charge in [0.2, 0.25) is 0 Å². The van der Waals surface area contributed by atoms with E-state index in [-0.39, 0.29) is 23.5 Å². The van der Waals surface area contributed by atoms with Crippen molar-refractivity contribution in [2.75, 3.05) is 6.61 Å². The van der Waals surface area contributed by atoms with Gasteiger partial charge in [0.1, 0.15) is 0 Å². The van der Waals surface area contributed by atoms with E-state index in [1.54, 1.807) is 0 Å². The van der Waals surface area contributed by atoms with Gasteiger partial charge in [0.05, 0.1) is 12.7 Å². The van der Waals surface area contributed by atoms with E-state index in [1.807, 2.05) is 6.92 Å². The number of aliphatic hydroxyl groups is 2. The Balaban J connectivity index is 2.01. The van der Waals surface area contributed by atoms with Crippen molar-refractivity contribution in [3.63, 3.8) is 0 Å². The quantitative estimate of drug-likeness (QED) is 0.739. The molecule has 0 spiro atoms. The van der Waals surface area contributed by atoms with Crippen molar-refractivity contribution in [3.05, 3.63) is 11.6 Å². The van der Waals surface area contributed by atoms with E-state index in [9.17, 15) is 5.11 Å². The van der Waals surface area contributed by atoms with Crippen LogP contribution < -0.4 is 0 Å². The SMILES string of the molecule is C/C(=C/CC[C@@]1(C)[C@@H]2CC[C@@](C)(C2)[C@@H]1O)CO. The van der Waals surface area contributed by atoms with Crippen LogP contribution in [0.5, 0.6) is 0 Å². The Morgan fingerprint density at radius 3 is 2.65 bits per heavy atom. The highest BCUT2D eigenvalue weighted by Gasteiger charge is 2.60. The highest BCUT2D eigenvalue weighted by atomic mass is 16.3. The van der Waals surface area contributed by atoms with Gasteiger partial charge in [0, 0.05) is 0 Å². The molecule has 0 amide bonds. The molecule has 0 aromatic heterocycles. The highest BCUT2D eigenvalue weighted by Crippen LogP contribution is 2.64. The van der Waals surface area contributed by atoms with Crippen molar-refractivity contribution in [2.45, 2.75) is 59.0 Å². The van der Waals surface area contributed by atoms with Gasteiger partial charge >= 0.3 is 0 Å². The summed E-state index contributed by atoms with van der Waals surface area (Å²) in [5, 5.41) is 19.5. The van der Waals surface area contributed by atoms with E-state index < -0.39 is 0 Å². The minimum atomic E-state index is -0.142. The van der Waals surface area contributed by atoms with Crippen LogP contribution in [0.1, 0.15) is 52.9 Å². The van der Waals surface area contributed by atoms with Crippen LogP contribution in [-0.2, 0) is 0 Å². The first-order valence-electron chi connectivity index (χ1n) is 6.87. The molecule has 0 aromatic rings. The van der Waals surface area contributed by atoms with Crippen molar-refractivity contribution in [2.24, 2.45) is 16.7 Å². The second-order valence-electron chi connectivity index (χ2n) is 6.75. The predicted octanol–water partition coefficient (Wildman–Crippen LogP) is 2.89. The first-order valence-corrected chi connectivity index (χ1v) is 6.87. The molecule has 2 N–H and O–H groups in total. The van der Waals surface area contributed by atoms with Crippen molar-refractivity contribution in [3.8, 4) is 0 Å². The molecule has 2 rings (SSSR count). The van der Waals surface area contributed by atoms with Crippen LogP contribution in [-0.4, -0.2) is 22.9 Å². The minimum Gasteiger partial charge on any atom is -0.392 e. The average Bonchev–Trinajstić information content (AvgIpc) is 2.77. The zero-order valence-electron chi connectivity index (χ0n) is 11.4. The monoisotopic (exact) mass is 238 g/mol. The Hall–Kier alpha value is -0.340. The molecule has 2 saturated carbocycles. The number of aliphatic hydroxyl groups excluding tert-OH is 2. The minimum absolute atomic E-state index is 0.0965. The summed E-state index contributed by atoms with van der Waals surface area (Å²) in [5.41, 5.74) is 1.31. The van der Waals surface area contributed by atoms with Crippen LogP contribution in [0.15, 0.2) is 11.6 Å². The second-order valence-corrected chi connectivity index (χ2v) is 6.75. The number of rotatable bonds is 4. The van der Waals surface area contributed by atoms with E-state index in [1.165, 1.54) is 19.3 Å². The Kier molecular flexibility index (Phi) is 3.39. The van der Waals surface area contributed by atoms with Gasteiger partial charge in [0.15, 0.2) is 0 Å². The standard InChI is InChI=1S/C15H26O2/c1-11(10-16)5-4-7-15(3)12-6-8-14(2,9-12)13(15)17/h5,12-13,16-17H,4,6-10H2,1-3H3/b11-5-/t12-,13+,14+,15+/m1/s1. The van der Waals surface area contributed by atoms with E-state index in [0.29, 0.717) is 5.92 Å². The molecule has 0 unspecified atom stereocenters. The lowest BCUT2D eigenvalue weighted by atomic mass is 9.66. The molecule has 17 heavy (non-hydrogen) atoms. The fourth-order valence-electron chi connectivity index (χ4n) is 4.14. The molecule has 0 radical (unpaired) electrons. The van der Waals surface area contributed by atoms with E-state index in [4.69, 9.17) is 5.11 Å². The van der Waals surface area contributed by atoms with E-state index >= 15 is 0 Å². The Morgan fingerprint density at radius 1 is 1.41 bits per heavy atom. The number of hydrogen-bond donors (Lipinski definition) is 2. The van der Waals surface area contributed by atoms with Crippen LogP contribution in [0, 0.1) is 16.7 Å². The third-order valence-electron chi connectivity index (χ3n) is 5.42. The van der Waals surface area contributed by atoms with Gasteiger partial charge in [-0.2, -0.15) is 0 Å². The predicted molar refractivity (Wildman–Crippen MR) is 69.6 cm³/mol. The third-order valence-corrected chi connectivity index (χ3v) is 5.42. The molecule has 0 aliphatic heterocycles. The van der Waals surface area contributed by atoms with E-state index in [0.717, 1.165) is 18.4 Å². The third kappa shape index (κ3) is 2.06. The molecule has 2 aliphatic carbocycles. The summed E-state index contributed by atoms with van der Waals surface area (Å²) in [4.78, 5) is 0. The fraction of sp³-hybridized carbons (Fsp3) is 0.867. The lowest BCUT2D eigenvalue weighted by Gasteiger charge is -2.41. The highest BCUT2D eigenvalue weighted by molar-refractivity contribution is 5.11. The number of allylic oxidation sites excluding steroid dienone is 1. The van der Waals surface area contributed by atoms with Crippen molar-refractivity contribution < 1.29 is 10.2 Å². The Bertz CT molecular complexity index is 323. The van der Waals surface area contributed by atoms with Crippen LogP contribution >= 0.6 is 0 Å². The smallest absolute Gasteiger partial charge is 0.0650 e. The molecule has 2 fully saturated rings. The summed E-state index contributed by atoms with van der Waals surface area (Å²) in [6, 6.07) is 0. The number of fused-ring (bicyclic) bond motifs is 2. The normalized spacial score (nSPS) is 45.6. The van der Waals surface area contributed by atoms with Gasteiger partial charge in [-0.3, -0.25) is 0 Å². The summed E-state index contributed by atoms with van der Waals surface area (Å²) in [6.45, 7) is 6.62. The van der Waals surface area contributed by atoms with Crippen molar-refractivity contribution >= 4 is 0 Å². The van der Waals surface area contributed by atoms with Crippen molar-refractivity contribution in [1.29, 1.82) is 0 Å². The summed E-state index contributed by atoms with van der Waals surface area (Å²) < 4.78 is 0. The van der Waals surface area contributed by atoms with Crippen LogP contribution in [0.2, 0.25) is 0 Å². The molecule has 0 saturated heterocycles. The molecule has 0 heterocycles. The lowest BCUT2D eigenvalue weighted by Crippen LogP contribution is -2.42. The largest absolute Gasteiger partial charge is 0.392 e. The van der Waals surface area contributed by atoms with Crippen LogP contribution in [0.3, 0.4) is 0 Å². The molecule has 0 aromatic carbocycles. The van der Waals surface area contributed by atoms with Gasteiger partial charge in [0.25, 0.3) is 0 Å². The fourth-order valence-corrected chi connectivity index (χ4v) is 4.14. The maximum atomic E-state index is 10.5. The molecular formula is C15H26O2. The average molecular weight is 238 g/mol. The second kappa shape index (κ2) is 4.40. The molecular weight excluding hydrogens is 212 g/mol. The van der Waals surface area contributed by atoms with Gasteiger partial charge in [-0.05, 0) is 55.8 Å². The van der Waals surface area contributed by atoms with Crippen LogP contribution in [0.4, 0.5) is 0 Å². The Labute approximate surface area is 105 Å². The van der Waals surface area contributed by atoms with Gasteiger partial charge in [-0.15, -0.1) is 0 Å². The van der Waals surface area contributed by atoms with Crippen molar-refractivity contribution in [1.82, 2.24) is 0 Å². The summed E-state index contributed by atoms with van der Waals surface area (Å²) in [6.07, 6.45) is 7.68. The van der Waals surface area contributed by atoms with Gasteiger partial charge < -0.3 is 10.2 Å². The van der Waals surface area contributed by atoms with E-state index in [2.05, 4.69) is 19.9 Å². The topological polar surface area (TPSA) is 40.5 Å². The maximum Gasteiger partial charge on any atom is 0.0650 e. The number of hydrogen-bond acceptors (Lipinski definition) is 2. The first-order chi connectivity index (χ1) is 7.92. The summed E-state index contributed by atoms with van der Waals surface area (Å²) in [5.74, 6) is 0.699. The first kappa shape index (κ1) is 13.1. The Morgan fingerprint density at radius 2 is 2.12 bits per heavy atom. The molecule has 98 valence electrons. The van der Waals surface area contributed by atoms with Gasteiger partial charge in [-0.1, -0.05) is 25.5 Å². The molecule has 2 bridgehead atoms. The van der Waals surface area contributed by atoms with Crippen LogP contribution in [0.25, 0.3) is 0 Å². The molecule has 2 aliphatic rings. The molecule has 2 heteroatoms. The molecule has 2 nitrogen and oxygen atoms in total. The summed E-state index contributed by atoms with van der Waals surface area (Å²) >= 11 is 0. The molecule has 4 atom stereocenters. The summed E-state index contributed by atoms with van der Waals surface area (Å²) in [7, 11) is 0. The lowest BCUT2D eigenvalue weighted by molar-refractivity contribution is -0.0481.